The third kappa shape index (κ3) is 2.60. The van der Waals surface area contributed by atoms with Crippen molar-refractivity contribution in [1.29, 1.82) is 0 Å². The van der Waals surface area contributed by atoms with Crippen LogP contribution in [0.5, 0.6) is 0 Å². The minimum Gasteiger partial charge on any atom is -0.396 e. The number of aromatic nitrogens is 1. The number of carbonyl (C=O) groups is 1. The molecule has 1 fully saturated rings. The second-order valence-corrected chi connectivity index (χ2v) is 4.72. The van der Waals surface area contributed by atoms with Gasteiger partial charge in [-0.25, -0.2) is 0 Å². The molecule has 7 nitrogen and oxygen atoms in total. The number of nitro groups is 1. The number of aryl methyl sites for hydroxylation is 1. The van der Waals surface area contributed by atoms with Crippen molar-refractivity contribution in [3.05, 3.63) is 28.1 Å². The van der Waals surface area contributed by atoms with Gasteiger partial charge in [-0.1, -0.05) is 0 Å². The van der Waals surface area contributed by atoms with E-state index in [0.717, 1.165) is 6.42 Å². The van der Waals surface area contributed by atoms with Crippen LogP contribution in [-0.4, -0.2) is 45.1 Å². The van der Waals surface area contributed by atoms with Gasteiger partial charge in [-0.2, -0.15) is 0 Å². The SMILES string of the molecule is CCn1cc([N+](=O)[O-])cc1C(=O)N1CCC(CO)C1. The van der Waals surface area contributed by atoms with Gasteiger partial charge in [0.25, 0.3) is 11.6 Å². The van der Waals surface area contributed by atoms with Gasteiger partial charge in [-0.3, -0.25) is 14.9 Å². The highest BCUT2D eigenvalue weighted by Gasteiger charge is 2.29. The molecule has 1 aromatic rings. The zero-order chi connectivity index (χ0) is 14.0. The quantitative estimate of drug-likeness (QED) is 0.647. The molecule has 1 aromatic heterocycles. The van der Waals surface area contributed by atoms with Crippen molar-refractivity contribution < 1.29 is 14.8 Å². The summed E-state index contributed by atoms with van der Waals surface area (Å²) in [4.78, 5) is 24.2. The van der Waals surface area contributed by atoms with E-state index in [1.54, 1.807) is 9.47 Å². The van der Waals surface area contributed by atoms with Crippen LogP contribution in [-0.2, 0) is 6.54 Å². The zero-order valence-corrected chi connectivity index (χ0v) is 10.8. The molecule has 0 bridgehead atoms. The summed E-state index contributed by atoms with van der Waals surface area (Å²) in [6.07, 6.45) is 2.16. The van der Waals surface area contributed by atoms with Gasteiger partial charge in [0.1, 0.15) is 5.69 Å². The van der Waals surface area contributed by atoms with Crippen molar-refractivity contribution in [2.24, 2.45) is 5.92 Å². The van der Waals surface area contributed by atoms with Crippen LogP contribution >= 0.6 is 0 Å². The summed E-state index contributed by atoms with van der Waals surface area (Å²) in [5.41, 5.74) is 0.274. The van der Waals surface area contributed by atoms with Crippen LogP contribution in [0.15, 0.2) is 12.3 Å². The lowest BCUT2D eigenvalue weighted by Gasteiger charge is -2.16. The molecule has 0 saturated carbocycles. The number of amides is 1. The van der Waals surface area contributed by atoms with Crippen molar-refractivity contribution in [3.8, 4) is 0 Å². The monoisotopic (exact) mass is 267 g/mol. The van der Waals surface area contributed by atoms with Crippen LogP contribution in [0, 0.1) is 16.0 Å². The van der Waals surface area contributed by atoms with Crippen LogP contribution in [0.25, 0.3) is 0 Å². The molecule has 0 aromatic carbocycles. The zero-order valence-electron chi connectivity index (χ0n) is 10.8. The Balaban J connectivity index is 2.21. The second kappa shape index (κ2) is 5.40. The van der Waals surface area contributed by atoms with Gasteiger partial charge >= 0.3 is 0 Å². The molecule has 1 unspecified atom stereocenters. The first-order chi connectivity index (χ1) is 9.06. The van der Waals surface area contributed by atoms with Gasteiger partial charge in [-0.05, 0) is 13.3 Å². The molecule has 1 aliphatic heterocycles. The predicted molar refractivity (Wildman–Crippen MR) is 67.9 cm³/mol. The largest absolute Gasteiger partial charge is 0.396 e. The second-order valence-electron chi connectivity index (χ2n) is 4.72. The fraction of sp³-hybridized carbons (Fsp3) is 0.583. The molecule has 2 rings (SSSR count). The maximum absolute atomic E-state index is 12.3. The molecule has 104 valence electrons. The number of aliphatic hydroxyl groups is 1. The molecular weight excluding hydrogens is 250 g/mol. The minimum atomic E-state index is -0.497. The Morgan fingerprint density at radius 1 is 1.63 bits per heavy atom. The molecule has 0 aliphatic carbocycles. The normalized spacial score (nSPS) is 18.8. The Morgan fingerprint density at radius 2 is 2.37 bits per heavy atom. The van der Waals surface area contributed by atoms with Crippen LogP contribution in [0.3, 0.4) is 0 Å². The van der Waals surface area contributed by atoms with Gasteiger partial charge in [0.15, 0.2) is 0 Å². The number of likely N-dealkylation sites (tertiary alicyclic amines) is 1. The van der Waals surface area contributed by atoms with E-state index in [2.05, 4.69) is 0 Å². The van der Waals surface area contributed by atoms with E-state index in [1.807, 2.05) is 6.92 Å². The summed E-state index contributed by atoms with van der Waals surface area (Å²) in [5, 5.41) is 19.8. The van der Waals surface area contributed by atoms with E-state index in [4.69, 9.17) is 5.11 Å². The van der Waals surface area contributed by atoms with Crippen molar-refractivity contribution in [2.75, 3.05) is 19.7 Å². The molecule has 1 atom stereocenters. The van der Waals surface area contributed by atoms with E-state index in [0.29, 0.717) is 25.3 Å². The molecule has 1 aliphatic rings. The van der Waals surface area contributed by atoms with E-state index >= 15 is 0 Å². The van der Waals surface area contributed by atoms with E-state index in [1.165, 1.54) is 12.3 Å². The summed E-state index contributed by atoms with van der Waals surface area (Å²) in [6, 6.07) is 1.32. The highest BCUT2D eigenvalue weighted by atomic mass is 16.6. The Bertz CT molecular complexity index is 497. The van der Waals surface area contributed by atoms with E-state index < -0.39 is 4.92 Å². The maximum atomic E-state index is 12.3. The highest BCUT2D eigenvalue weighted by molar-refractivity contribution is 5.93. The molecule has 0 radical (unpaired) electrons. The molecule has 1 saturated heterocycles. The molecule has 1 N–H and O–H groups in total. The third-order valence-corrected chi connectivity index (χ3v) is 3.48. The fourth-order valence-corrected chi connectivity index (χ4v) is 2.36. The molecule has 2 heterocycles. The van der Waals surface area contributed by atoms with Crippen LogP contribution in [0.4, 0.5) is 5.69 Å². The van der Waals surface area contributed by atoms with Gasteiger partial charge in [-0.15, -0.1) is 0 Å². The van der Waals surface area contributed by atoms with Crippen molar-refractivity contribution in [1.82, 2.24) is 9.47 Å². The maximum Gasteiger partial charge on any atom is 0.287 e. The van der Waals surface area contributed by atoms with E-state index in [-0.39, 0.29) is 24.1 Å². The Hall–Kier alpha value is -1.89. The molecule has 19 heavy (non-hydrogen) atoms. The van der Waals surface area contributed by atoms with Crippen LogP contribution < -0.4 is 0 Å². The summed E-state index contributed by atoms with van der Waals surface area (Å²) < 4.78 is 1.59. The standard InChI is InChI=1S/C12H17N3O4/c1-2-13-7-10(15(18)19)5-11(13)12(17)14-4-3-9(6-14)8-16/h5,7,9,16H,2-4,6,8H2,1H3. The Labute approximate surface area is 110 Å². The summed E-state index contributed by atoms with van der Waals surface area (Å²) in [5.74, 6) is -0.0881. The van der Waals surface area contributed by atoms with E-state index in [9.17, 15) is 14.9 Å². The molecule has 7 heteroatoms. The number of hydrogen-bond donors (Lipinski definition) is 1. The molecular formula is C12H17N3O4. The molecule has 0 spiro atoms. The number of hydrogen-bond acceptors (Lipinski definition) is 4. The lowest BCUT2D eigenvalue weighted by Crippen LogP contribution is -2.30. The first-order valence-corrected chi connectivity index (χ1v) is 6.31. The summed E-state index contributed by atoms with van der Waals surface area (Å²) in [7, 11) is 0. The summed E-state index contributed by atoms with van der Waals surface area (Å²) in [6.45, 7) is 3.51. The average Bonchev–Trinajstić information content (AvgIpc) is 3.04. The van der Waals surface area contributed by atoms with Gasteiger partial charge in [0.05, 0.1) is 11.1 Å². The Morgan fingerprint density at radius 3 is 2.89 bits per heavy atom. The lowest BCUT2D eigenvalue weighted by atomic mass is 10.1. The van der Waals surface area contributed by atoms with Crippen molar-refractivity contribution in [3.63, 3.8) is 0 Å². The molecule has 1 amide bonds. The predicted octanol–water partition coefficient (Wildman–Crippen LogP) is 0.871. The first kappa shape index (κ1) is 13.5. The Kier molecular flexibility index (Phi) is 3.84. The fourth-order valence-electron chi connectivity index (χ4n) is 2.36. The topological polar surface area (TPSA) is 88.6 Å². The van der Waals surface area contributed by atoms with Crippen molar-refractivity contribution in [2.45, 2.75) is 19.9 Å². The number of rotatable bonds is 4. The van der Waals surface area contributed by atoms with Gasteiger partial charge in [0, 0.05) is 38.2 Å². The highest BCUT2D eigenvalue weighted by Crippen LogP contribution is 2.22. The summed E-state index contributed by atoms with van der Waals surface area (Å²) >= 11 is 0. The number of nitrogens with zero attached hydrogens (tertiary/aromatic N) is 3. The van der Waals surface area contributed by atoms with Crippen LogP contribution in [0.2, 0.25) is 0 Å². The lowest BCUT2D eigenvalue weighted by molar-refractivity contribution is -0.384. The number of aliphatic hydroxyl groups excluding tert-OH is 1. The third-order valence-electron chi connectivity index (χ3n) is 3.48. The van der Waals surface area contributed by atoms with Gasteiger partial charge < -0.3 is 14.6 Å². The smallest absolute Gasteiger partial charge is 0.287 e. The average molecular weight is 267 g/mol. The van der Waals surface area contributed by atoms with Crippen LogP contribution in [0.1, 0.15) is 23.8 Å². The number of carbonyl (C=O) groups excluding carboxylic acids is 1. The minimum absolute atomic E-state index is 0.0666. The van der Waals surface area contributed by atoms with Crippen molar-refractivity contribution >= 4 is 11.6 Å². The first-order valence-electron chi connectivity index (χ1n) is 6.31. The van der Waals surface area contributed by atoms with Gasteiger partial charge in [0.2, 0.25) is 0 Å².